The number of nitrogens with zero attached hydrogens (tertiary/aromatic N) is 1. The van der Waals surface area contributed by atoms with Crippen LogP contribution >= 0.6 is 0 Å². The van der Waals surface area contributed by atoms with E-state index in [0.717, 1.165) is 17.2 Å². The summed E-state index contributed by atoms with van der Waals surface area (Å²) in [5.74, 6) is -0.545. The lowest BCUT2D eigenvalue weighted by molar-refractivity contribution is -0.148. The third-order valence-corrected chi connectivity index (χ3v) is 5.29. The lowest BCUT2D eigenvalue weighted by atomic mass is 9.85. The molecule has 1 saturated heterocycles. The van der Waals surface area contributed by atoms with Crippen molar-refractivity contribution in [3.8, 4) is 0 Å². The van der Waals surface area contributed by atoms with Gasteiger partial charge in [-0.2, -0.15) is 13.2 Å². The molecule has 0 saturated carbocycles. The summed E-state index contributed by atoms with van der Waals surface area (Å²) < 4.78 is 60.9. The van der Waals surface area contributed by atoms with Gasteiger partial charge in [-0.05, 0) is 31.2 Å². The normalized spacial score (nSPS) is 22.2. The van der Waals surface area contributed by atoms with Crippen molar-refractivity contribution in [3.63, 3.8) is 0 Å². The van der Waals surface area contributed by atoms with Crippen molar-refractivity contribution < 1.29 is 26.4 Å². The summed E-state index contributed by atoms with van der Waals surface area (Å²) in [7, 11) is -3.31. The van der Waals surface area contributed by atoms with Crippen molar-refractivity contribution in [2.45, 2.75) is 44.4 Å². The molecule has 0 radical (unpaired) electrons. The molecule has 2 rings (SSSR count). The Bertz CT molecular complexity index is 794. The molecule has 1 fully saturated rings. The molecule has 3 atom stereocenters. The van der Waals surface area contributed by atoms with Crippen LogP contribution in [0.5, 0.6) is 0 Å². The van der Waals surface area contributed by atoms with Crippen molar-refractivity contribution in [2.24, 2.45) is 5.92 Å². The van der Waals surface area contributed by atoms with Gasteiger partial charge in [0.05, 0.1) is 6.04 Å². The van der Waals surface area contributed by atoms with E-state index in [1.165, 1.54) is 11.0 Å². The molecule has 28 heavy (non-hydrogen) atoms. The molecule has 1 aromatic carbocycles. The Labute approximate surface area is 163 Å². The van der Waals surface area contributed by atoms with Gasteiger partial charge >= 0.3 is 12.2 Å². The van der Waals surface area contributed by atoms with Gasteiger partial charge in [0.15, 0.2) is 9.84 Å². The van der Waals surface area contributed by atoms with Crippen molar-refractivity contribution in [3.05, 3.63) is 47.4 Å². The number of halogens is 3. The molecule has 1 N–H and O–H groups in total. The lowest BCUT2D eigenvalue weighted by Crippen LogP contribution is -2.48. The van der Waals surface area contributed by atoms with E-state index in [1.54, 1.807) is 31.2 Å². The molecular formula is C19H25F3N2O3S. The molecule has 0 aromatic heterocycles. The second-order valence-corrected chi connectivity index (χ2v) is 9.16. The Morgan fingerprint density at radius 3 is 2.54 bits per heavy atom. The fourth-order valence-corrected chi connectivity index (χ4v) is 3.89. The number of sulfone groups is 1. The predicted octanol–water partition coefficient (Wildman–Crippen LogP) is 4.05. The first-order valence-corrected chi connectivity index (χ1v) is 11.0. The number of nitrogens with one attached hydrogen (secondary N) is 1. The van der Waals surface area contributed by atoms with Crippen LogP contribution in [0.1, 0.15) is 37.8 Å². The summed E-state index contributed by atoms with van der Waals surface area (Å²) in [6.07, 6.45) is -2.19. The van der Waals surface area contributed by atoms with E-state index in [4.69, 9.17) is 0 Å². The molecule has 1 aliphatic rings. The summed E-state index contributed by atoms with van der Waals surface area (Å²) in [5, 5.41) is 3.71. The summed E-state index contributed by atoms with van der Waals surface area (Å²) in [6, 6.07) is 7.56. The van der Waals surface area contributed by atoms with Crippen molar-refractivity contribution in [2.75, 3.05) is 12.8 Å². The minimum atomic E-state index is -4.23. The zero-order valence-corrected chi connectivity index (χ0v) is 16.6. The van der Waals surface area contributed by atoms with E-state index in [9.17, 15) is 26.4 Å². The zero-order valence-electron chi connectivity index (χ0n) is 15.8. The third-order valence-electron chi connectivity index (χ3n) is 4.64. The number of likely N-dealkylation sites (tertiary alicyclic amines) is 1. The number of alkyl halides is 3. The highest BCUT2D eigenvalue weighted by Crippen LogP contribution is 2.39. The summed E-state index contributed by atoms with van der Waals surface area (Å²) >= 11 is 0. The van der Waals surface area contributed by atoms with Crippen LogP contribution in [0, 0.1) is 5.92 Å². The Morgan fingerprint density at radius 2 is 1.96 bits per heavy atom. The highest BCUT2D eigenvalue weighted by Gasteiger charge is 2.38. The molecule has 0 spiro atoms. The van der Waals surface area contributed by atoms with Gasteiger partial charge in [0.1, 0.15) is 0 Å². The van der Waals surface area contributed by atoms with E-state index in [0.29, 0.717) is 0 Å². The summed E-state index contributed by atoms with van der Waals surface area (Å²) in [4.78, 5) is 14.3. The fraction of sp³-hybridized carbons (Fsp3) is 0.526. The molecule has 5 nitrogen and oxygen atoms in total. The molecule has 0 bridgehead atoms. The van der Waals surface area contributed by atoms with Crippen LogP contribution in [0.15, 0.2) is 41.8 Å². The first kappa shape index (κ1) is 22.3. The van der Waals surface area contributed by atoms with Crippen LogP contribution in [0.2, 0.25) is 0 Å². The number of urea groups is 1. The van der Waals surface area contributed by atoms with Gasteiger partial charge in [-0.1, -0.05) is 36.4 Å². The second-order valence-electron chi connectivity index (χ2n) is 7.23. The Hall–Kier alpha value is -2.03. The molecule has 1 heterocycles. The van der Waals surface area contributed by atoms with Crippen LogP contribution in [-0.4, -0.2) is 44.4 Å². The quantitative estimate of drug-likeness (QED) is 0.785. The topological polar surface area (TPSA) is 66.5 Å². The third kappa shape index (κ3) is 7.18. The number of carbonyl (C=O) groups excluding carboxylic acids is 1. The van der Waals surface area contributed by atoms with Crippen LogP contribution in [0.25, 0.3) is 0 Å². The van der Waals surface area contributed by atoms with Crippen molar-refractivity contribution >= 4 is 15.9 Å². The van der Waals surface area contributed by atoms with Gasteiger partial charge in [-0.15, -0.1) is 0 Å². The average molecular weight is 418 g/mol. The van der Waals surface area contributed by atoms with Gasteiger partial charge in [0, 0.05) is 30.7 Å². The smallest absolute Gasteiger partial charge is 0.332 e. The fourth-order valence-electron chi connectivity index (χ4n) is 3.37. The van der Waals surface area contributed by atoms with Crippen molar-refractivity contribution in [1.29, 1.82) is 0 Å². The van der Waals surface area contributed by atoms with Gasteiger partial charge in [0.2, 0.25) is 0 Å². The number of piperidine rings is 1. The van der Waals surface area contributed by atoms with Crippen LogP contribution in [0.3, 0.4) is 0 Å². The SMILES string of the molecule is C[C@@H](/C=C/S(C)(=O)=O)NC(=O)N1CC[C@@H](CC(F)(F)F)C[C@H]1c1ccccc1. The van der Waals surface area contributed by atoms with Gasteiger partial charge in [-0.25, -0.2) is 13.2 Å². The lowest BCUT2D eigenvalue weighted by Gasteiger charge is -2.40. The minimum Gasteiger partial charge on any atom is -0.332 e. The summed E-state index contributed by atoms with van der Waals surface area (Å²) in [5.41, 5.74) is 0.781. The molecule has 2 amide bonds. The van der Waals surface area contributed by atoms with E-state index in [2.05, 4.69) is 5.32 Å². The standard InChI is InChI=1S/C19H25F3N2O3S/c1-14(9-11-28(2,26)27)23-18(25)24-10-8-15(13-19(20,21)22)12-17(24)16-6-4-3-5-7-16/h3-7,9,11,14-15,17H,8,10,12-13H2,1-2H3,(H,23,25)/b11-9+/t14-,15+,17-/m0/s1. The first-order valence-electron chi connectivity index (χ1n) is 9.01. The number of hydrogen-bond donors (Lipinski definition) is 1. The maximum atomic E-state index is 12.8. The van der Waals surface area contributed by atoms with Crippen LogP contribution in [-0.2, 0) is 9.84 Å². The Balaban J connectivity index is 2.14. The Morgan fingerprint density at radius 1 is 1.32 bits per heavy atom. The highest BCUT2D eigenvalue weighted by atomic mass is 32.2. The zero-order chi connectivity index (χ0) is 20.9. The molecule has 0 unspecified atom stereocenters. The summed E-state index contributed by atoms with van der Waals surface area (Å²) in [6.45, 7) is 1.84. The molecule has 156 valence electrons. The monoisotopic (exact) mass is 418 g/mol. The van der Waals surface area contributed by atoms with E-state index in [1.807, 2.05) is 6.07 Å². The van der Waals surface area contributed by atoms with Crippen LogP contribution in [0.4, 0.5) is 18.0 Å². The van der Waals surface area contributed by atoms with Gasteiger partial charge < -0.3 is 10.2 Å². The largest absolute Gasteiger partial charge is 0.389 e. The number of carbonyl (C=O) groups is 1. The highest BCUT2D eigenvalue weighted by molar-refractivity contribution is 7.93. The predicted molar refractivity (Wildman–Crippen MR) is 101 cm³/mol. The number of benzene rings is 1. The van der Waals surface area contributed by atoms with Crippen molar-refractivity contribution in [1.82, 2.24) is 10.2 Å². The molecular weight excluding hydrogens is 393 g/mol. The van der Waals surface area contributed by atoms with Crippen LogP contribution < -0.4 is 5.32 Å². The number of amides is 2. The van der Waals surface area contributed by atoms with Gasteiger partial charge in [-0.3, -0.25) is 0 Å². The van der Waals surface area contributed by atoms with E-state index < -0.39 is 46.5 Å². The first-order chi connectivity index (χ1) is 12.9. The molecule has 9 heteroatoms. The number of rotatable bonds is 5. The molecule has 0 aliphatic carbocycles. The van der Waals surface area contributed by atoms with E-state index in [-0.39, 0.29) is 19.4 Å². The molecule has 1 aliphatic heterocycles. The number of hydrogen-bond acceptors (Lipinski definition) is 3. The van der Waals surface area contributed by atoms with E-state index >= 15 is 0 Å². The molecule has 1 aromatic rings. The second kappa shape index (κ2) is 8.98. The maximum absolute atomic E-state index is 12.8. The average Bonchev–Trinajstić information content (AvgIpc) is 2.58. The Kier molecular flexibility index (Phi) is 7.14. The minimum absolute atomic E-state index is 0.203. The van der Waals surface area contributed by atoms with Gasteiger partial charge in [0.25, 0.3) is 0 Å². The maximum Gasteiger partial charge on any atom is 0.389 e.